The molecule has 1 N–H and O–H groups in total. The van der Waals surface area contributed by atoms with Crippen LogP contribution in [0.1, 0.15) is 49.2 Å². The maximum atomic E-state index is 4.70. The molecule has 0 aromatic carbocycles. The summed E-state index contributed by atoms with van der Waals surface area (Å²) in [5, 5.41) is 3.24. The Bertz CT molecular complexity index is 345. The van der Waals surface area contributed by atoms with Gasteiger partial charge in [-0.2, -0.15) is 0 Å². The second-order valence-corrected chi connectivity index (χ2v) is 4.59. The number of likely N-dealkylation sites (N-methyl/N-ethyl adjacent to an activating group) is 1. The van der Waals surface area contributed by atoms with Crippen molar-refractivity contribution in [2.45, 2.75) is 38.5 Å². The van der Waals surface area contributed by atoms with Crippen molar-refractivity contribution in [2.75, 3.05) is 13.6 Å². The van der Waals surface area contributed by atoms with E-state index in [4.69, 9.17) is 4.98 Å². The molecule has 3 nitrogen and oxygen atoms in total. The van der Waals surface area contributed by atoms with E-state index < -0.39 is 0 Å². The van der Waals surface area contributed by atoms with Crippen molar-refractivity contribution in [1.29, 1.82) is 0 Å². The zero-order valence-corrected chi connectivity index (χ0v) is 9.75. The van der Waals surface area contributed by atoms with Crippen molar-refractivity contribution in [3.05, 3.63) is 23.3 Å². The summed E-state index contributed by atoms with van der Waals surface area (Å²) in [5.41, 5.74) is 2.63. The molecule has 0 bridgehead atoms. The van der Waals surface area contributed by atoms with E-state index in [1.165, 1.54) is 17.7 Å². The summed E-state index contributed by atoms with van der Waals surface area (Å²) in [7, 11) is 2.00. The number of aryl methyl sites for hydroxylation is 1. The van der Waals surface area contributed by atoms with Crippen molar-refractivity contribution in [3.63, 3.8) is 0 Å². The summed E-state index contributed by atoms with van der Waals surface area (Å²) in [6, 6.07) is 0. The molecule has 3 heteroatoms. The lowest BCUT2D eigenvalue weighted by atomic mass is 10.1. The monoisotopic (exact) mass is 205 g/mol. The highest BCUT2D eigenvalue weighted by molar-refractivity contribution is 5.27. The first-order chi connectivity index (χ1) is 7.22. The van der Waals surface area contributed by atoms with Gasteiger partial charge in [-0.15, -0.1) is 0 Å². The van der Waals surface area contributed by atoms with Crippen LogP contribution in [-0.2, 0) is 6.42 Å². The molecule has 0 spiro atoms. The zero-order chi connectivity index (χ0) is 10.8. The van der Waals surface area contributed by atoms with Crippen molar-refractivity contribution in [3.8, 4) is 0 Å². The molecule has 0 aliphatic heterocycles. The van der Waals surface area contributed by atoms with Gasteiger partial charge in [0, 0.05) is 24.6 Å². The van der Waals surface area contributed by atoms with E-state index in [0.29, 0.717) is 11.8 Å². The normalized spacial score (nSPS) is 19.6. The summed E-state index contributed by atoms with van der Waals surface area (Å²) in [5.74, 6) is 1.99. The molecule has 2 rings (SSSR count). The summed E-state index contributed by atoms with van der Waals surface area (Å²) in [6.07, 6.45) is 4.37. The van der Waals surface area contributed by atoms with Gasteiger partial charge < -0.3 is 5.32 Å². The molecule has 0 fully saturated rings. The van der Waals surface area contributed by atoms with Crippen LogP contribution in [0.2, 0.25) is 0 Å². The van der Waals surface area contributed by atoms with E-state index in [-0.39, 0.29) is 0 Å². The van der Waals surface area contributed by atoms with E-state index >= 15 is 0 Å². The summed E-state index contributed by atoms with van der Waals surface area (Å²) < 4.78 is 0. The quantitative estimate of drug-likeness (QED) is 0.818. The number of aromatic nitrogens is 2. The van der Waals surface area contributed by atoms with Crippen molar-refractivity contribution in [1.82, 2.24) is 15.3 Å². The lowest BCUT2D eigenvalue weighted by Crippen LogP contribution is -2.16. The Morgan fingerprint density at radius 3 is 3.00 bits per heavy atom. The first-order valence-electron chi connectivity index (χ1n) is 5.72. The third-order valence-electron chi connectivity index (χ3n) is 3.03. The van der Waals surface area contributed by atoms with Crippen LogP contribution < -0.4 is 5.32 Å². The number of nitrogens with zero attached hydrogens (tertiary/aromatic N) is 2. The molecule has 0 saturated carbocycles. The van der Waals surface area contributed by atoms with E-state index in [2.05, 4.69) is 24.1 Å². The molecule has 1 aromatic rings. The van der Waals surface area contributed by atoms with E-state index in [0.717, 1.165) is 18.8 Å². The highest BCUT2D eigenvalue weighted by Crippen LogP contribution is 2.31. The summed E-state index contributed by atoms with van der Waals surface area (Å²) >= 11 is 0. The Morgan fingerprint density at radius 1 is 1.53 bits per heavy atom. The third-order valence-corrected chi connectivity index (χ3v) is 3.03. The fourth-order valence-corrected chi connectivity index (χ4v) is 2.17. The summed E-state index contributed by atoms with van der Waals surface area (Å²) in [4.78, 5) is 9.11. The van der Waals surface area contributed by atoms with Crippen LogP contribution >= 0.6 is 0 Å². The summed E-state index contributed by atoms with van der Waals surface area (Å²) in [6.45, 7) is 5.31. The molecule has 0 radical (unpaired) electrons. The Balaban J connectivity index is 2.29. The Morgan fingerprint density at radius 2 is 2.33 bits per heavy atom. The van der Waals surface area contributed by atoms with Gasteiger partial charge in [-0.1, -0.05) is 13.8 Å². The minimum Gasteiger partial charge on any atom is -0.319 e. The fraction of sp³-hybridized carbons (Fsp3) is 0.667. The molecule has 1 unspecified atom stereocenters. The van der Waals surface area contributed by atoms with Gasteiger partial charge in [0.15, 0.2) is 0 Å². The van der Waals surface area contributed by atoms with Gasteiger partial charge in [0.05, 0.1) is 5.69 Å². The van der Waals surface area contributed by atoms with Crippen molar-refractivity contribution >= 4 is 0 Å². The minimum atomic E-state index is 0.422. The molecule has 15 heavy (non-hydrogen) atoms. The third kappa shape index (κ3) is 2.02. The van der Waals surface area contributed by atoms with Crippen LogP contribution in [0, 0.1) is 0 Å². The molecule has 1 atom stereocenters. The van der Waals surface area contributed by atoms with Crippen LogP contribution in [0.3, 0.4) is 0 Å². The maximum Gasteiger partial charge on any atom is 0.131 e. The van der Waals surface area contributed by atoms with Crippen LogP contribution in [0.25, 0.3) is 0 Å². The van der Waals surface area contributed by atoms with Gasteiger partial charge in [-0.25, -0.2) is 9.97 Å². The van der Waals surface area contributed by atoms with Crippen LogP contribution in [-0.4, -0.2) is 23.6 Å². The first-order valence-corrected chi connectivity index (χ1v) is 5.72. The van der Waals surface area contributed by atoms with Gasteiger partial charge in [-0.05, 0) is 25.5 Å². The van der Waals surface area contributed by atoms with Gasteiger partial charge in [0.2, 0.25) is 0 Å². The molecule has 1 aromatic heterocycles. The van der Waals surface area contributed by atoms with Crippen LogP contribution in [0.5, 0.6) is 0 Å². The molecule has 82 valence electrons. The molecule has 1 heterocycles. The smallest absolute Gasteiger partial charge is 0.131 e. The Labute approximate surface area is 91.3 Å². The molecule has 1 aliphatic carbocycles. The standard InChI is InChI=1S/C12H19N3/c1-8(2)12-14-7-10-5-4-9(6-13-3)11(10)15-12/h7-9,13H,4-6H2,1-3H3. The van der Waals surface area contributed by atoms with Gasteiger partial charge in [0.25, 0.3) is 0 Å². The average Bonchev–Trinajstić information content (AvgIpc) is 2.61. The second-order valence-electron chi connectivity index (χ2n) is 4.59. The van der Waals surface area contributed by atoms with Gasteiger partial charge in [0.1, 0.15) is 5.82 Å². The van der Waals surface area contributed by atoms with Gasteiger partial charge >= 0.3 is 0 Å². The molecule has 0 amide bonds. The van der Waals surface area contributed by atoms with Crippen LogP contribution in [0.15, 0.2) is 6.20 Å². The Hall–Kier alpha value is -0.960. The number of rotatable bonds is 3. The zero-order valence-electron chi connectivity index (χ0n) is 9.75. The van der Waals surface area contributed by atoms with Crippen molar-refractivity contribution in [2.24, 2.45) is 0 Å². The van der Waals surface area contributed by atoms with Crippen molar-refractivity contribution < 1.29 is 0 Å². The van der Waals surface area contributed by atoms with E-state index in [1.807, 2.05) is 13.2 Å². The maximum absolute atomic E-state index is 4.70. The first kappa shape index (κ1) is 10.6. The van der Waals surface area contributed by atoms with E-state index in [1.54, 1.807) is 0 Å². The molecular weight excluding hydrogens is 186 g/mol. The lowest BCUT2D eigenvalue weighted by Gasteiger charge is -2.11. The lowest BCUT2D eigenvalue weighted by molar-refractivity contribution is 0.607. The number of fused-ring (bicyclic) bond motifs is 1. The minimum absolute atomic E-state index is 0.422. The predicted octanol–water partition coefficient (Wildman–Crippen LogP) is 1.85. The molecular formula is C12H19N3. The Kier molecular flexibility index (Phi) is 3.00. The highest BCUT2D eigenvalue weighted by Gasteiger charge is 2.24. The fourth-order valence-electron chi connectivity index (χ4n) is 2.17. The predicted molar refractivity (Wildman–Crippen MR) is 61.1 cm³/mol. The molecule has 0 saturated heterocycles. The molecule has 1 aliphatic rings. The number of hydrogen-bond donors (Lipinski definition) is 1. The highest BCUT2D eigenvalue weighted by atomic mass is 14.9. The average molecular weight is 205 g/mol. The van der Waals surface area contributed by atoms with E-state index in [9.17, 15) is 0 Å². The van der Waals surface area contributed by atoms with Gasteiger partial charge in [-0.3, -0.25) is 0 Å². The number of nitrogens with one attached hydrogen (secondary N) is 1. The topological polar surface area (TPSA) is 37.8 Å². The second kappa shape index (κ2) is 4.27. The number of hydrogen-bond acceptors (Lipinski definition) is 3. The SMILES string of the molecule is CNCC1CCc2cnc(C(C)C)nc21. The largest absolute Gasteiger partial charge is 0.319 e. The van der Waals surface area contributed by atoms with Crippen LogP contribution in [0.4, 0.5) is 0 Å².